The summed E-state index contributed by atoms with van der Waals surface area (Å²) in [5.41, 5.74) is 7.89. The van der Waals surface area contributed by atoms with Crippen molar-refractivity contribution < 1.29 is 9.53 Å². The molecule has 4 aromatic rings. The number of thiophene rings is 1. The van der Waals surface area contributed by atoms with E-state index in [0.717, 1.165) is 26.4 Å². The van der Waals surface area contributed by atoms with Gasteiger partial charge < -0.3 is 15.5 Å². The van der Waals surface area contributed by atoms with Gasteiger partial charge in [-0.05, 0) is 38.1 Å². The number of ether oxygens (including phenoxy) is 1. The van der Waals surface area contributed by atoms with Crippen molar-refractivity contribution in [2.24, 2.45) is 10.7 Å². The number of rotatable bonds is 3. The van der Waals surface area contributed by atoms with Crippen molar-refractivity contribution >= 4 is 66.6 Å². The summed E-state index contributed by atoms with van der Waals surface area (Å²) in [6, 6.07) is 11.0. The Morgan fingerprint density at radius 3 is 2.55 bits per heavy atom. The quantitative estimate of drug-likeness (QED) is 0.289. The molecule has 0 fully saturated rings. The van der Waals surface area contributed by atoms with E-state index in [1.807, 2.05) is 32.0 Å². The zero-order chi connectivity index (χ0) is 20.0. The molecule has 4 rings (SSSR count). The predicted molar refractivity (Wildman–Crippen MR) is 122 cm³/mol. The van der Waals surface area contributed by atoms with E-state index in [4.69, 9.17) is 10.5 Å². The number of pyridine rings is 1. The molecule has 0 aliphatic carbocycles. The van der Waals surface area contributed by atoms with Crippen LogP contribution in [0.5, 0.6) is 0 Å². The first kappa shape index (κ1) is 20.8. The van der Waals surface area contributed by atoms with E-state index < -0.39 is 5.97 Å². The minimum Gasteiger partial charge on any atom is -0.465 e. The Morgan fingerprint density at radius 2 is 1.86 bits per heavy atom. The fourth-order valence-corrected chi connectivity index (χ4v) is 4.47. The number of nitrogens with zero attached hydrogens (tertiary/aromatic N) is 1. The first-order valence-electron chi connectivity index (χ1n) is 8.83. The van der Waals surface area contributed by atoms with E-state index in [2.05, 4.69) is 9.98 Å². The third-order valence-corrected chi connectivity index (χ3v) is 5.70. The minimum absolute atomic E-state index is 0. The van der Waals surface area contributed by atoms with Crippen molar-refractivity contribution in [3.8, 4) is 0 Å². The number of aromatic amines is 1. The molecule has 150 valence electrons. The lowest BCUT2D eigenvalue weighted by molar-refractivity contribution is 0.0601. The summed E-state index contributed by atoms with van der Waals surface area (Å²) in [5, 5.41) is 2.58. The Hall–Kier alpha value is -2.90. The fourth-order valence-electron chi connectivity index (χ4n) is 3.32. The maximum absolute atomic E-state index is 12.6. The average Bonchev–Trinajstić information content (AvgIpc) is 3.06. The van der Waals surface area contributed by atoms with Gasteiger partial charge in [0.2, 0.25) is 0 Å². The highest BCUT2D eigenvalue weighted by atomic mass is 35.5. The summed E-state index contributed by atoms with van der Waals surface area (Å²) in [4.78, 5) is 31.9. The van der Waals surface area contributed by atoms with Gasteiger partial charge in [0.05, 0.1) is 12.7 Å². The summed E-state index contributed by atoms with van der Waals surface area (Å²) in [5.74, 6) is 0.0573. The molecule has 0 atom stereocenters. The molecule has 29 heavy (non-hydrogen) atoms. The number of nitrogens with one attached hydrogen (secondary N) is 1. The standard InChI is InChI=1S/C21H19N3O3S.ClH/c1-10(2)23-19(22)11-4-6-13-16(9-11)28-18-17(13)14-8-12(21(26)27-3)5-7-15(14)24-20(18)25;/h4-10H,1-3H3,(H2,22,23)(H,24,25);1H. The van der Waals surface area contributed by atoms with Crippen LogP contribution in [-0.2, 0) is 4.74 Å². The number of hydrogen-bond acceptors (Lipinski definition) is 5. The monoisotopic (exact) mass is 429 g/mol. The van der Waals surface area contributed by atoms with Crippen LogP contribution in [0.2, 0.25) is 0 Å². The van der Waals surface area contributed by atoms with Crippen molar-refractivity contribution in [2.45, 2.75) is 19.9 Å². The molecule has 6 nitrogen and oxygen atoms in total. The maximum atomic E-state index is 12.6. The first-order chi connectivity index (χ1) is 13.4. The number of carbonyl (C=O) groups excluding carboxylic acids is 1. The smallest absolute Gasteiger partial charge is 0.337 e. The number of esters is 1. The van der Waals surface area contributed by atoms with Crippen LogP contribution in [0.1, 0.15) is 29.8 Å². The number of benzene rings is 2. The van der Waals surface area contributed by atoms with Gasteiger partial charge in [0.25, 0.3) is 5.56 Å². The number of nitrogens with two attached hydrogens (primary N) is 1. The zero-order valence-electron chi connectivity index (χ0n) is 16.1. The second-order valence-electron chi connectivity index (χ2n) is 6.83. The average molecular weight is 430 g/mol. The van der Waals surface area contributed by atoms with E-state index in [1.165, 1.54) is 18.4 Å². The molecule has 2 heterocycles. The molecule has 8 heteroatoms. The molecule has 0 spiro atoms. The van der Waals surface area contributed by atoms with Crippen LogP contribution in [0.25, 0.3) is 31.1 Å². The van der Waals surface area contributed by atoms with E-state index in [0.29, 0.717) is 21.6 Å². The SMILES string of the molecule is COC(=O)c1ccc2[nH]c(=O)c3sc4cc(C(N)=NC(C)C)ccc4c3c2c1.Cl. The van der Waals surface area contributed by atoms with Gasteiger partial charge in [-0.2, -0.15) is 0 Å². The summed E-state index contributed by atoms with van der Waals surface area (Å²) in [7, 11) is 1.35. The van der Waals surface area contributed by atoms with E-state index in [9.17, 15) is 9.59 Å². The summed E-state index contributed by atoms with van der Waals surface area (Å²) in [6.45, 7) is 3.94. The number of H-pyrrole nitrogens is 1. The molecule has 0 bridgehead atoms. The Morgan fingerprint density at radius 1 is 1.14 bits per heavy atom. The Bertz CT molecular complexity index is 1340. The second-order valence-corrected chi connectivity index (χ2v) is 7.88. The molecule has 0 aliphatic heterocycles. The predicted octanol–water partition coefficient (Wildman–Crippen LogP) is 4.22. The number of aromatic nitrogens is 1. The van der Waals surface area contributed by atoms with Crippen molar-refractivity contribution in [1.29, 1.82) is 0 Å². The molecule has 0 aliphatic rings. The van der Waals surface area contributed by atoms with E-state index >= 15 is 0 Å². The summed E-state index contributed by atoms with van der Waals surface area (Å²) >= 11 is 1.40. The van der Waals surface area contributed by atoms with E-state index in [1.54, 1.807) is 18.2 Å². The number of halogens is 1. The van der Waals surface area contributed by atoms with Gasteiger partial charge in [-0.3, -0.25) is 9.79 Å². The highest BCUT2D eigenvalue weighted by molar-refractivity contribution is 7.26. The molecular formula is C21H20ClN3O3S. The number of amidine groups is 1. The highest BCUT2D eigenvalue weighted by Gasteiger charge is 2.15. The second kappa shape index (κ2) is 7.85. The lowest BCUT2D eigenvalue weighted by Gasteiger charge is -2.05. The molecule has 2 aromatic carbocycles. The Balaban J connectivity index is 0.00000240. The Labute approximate surface area is 176 Å². The third kappa shape index (κ3) is 3.59. The van der Waals surface area contributed by atoms with Gasteiger partial charge in [-0.15, -0.1) is 23.7 Å². The fraction of sp³-hybridized carbons (Fsp3) is 0.190. The third-order valence-electron chi connectivity index (χ3n) is 4.55. The van der Waals surface area contributed by atoms with E-state index in [-0.39, 0.29) is 24.0 Å². The van der Waals surface area contributed by atoms with Crippen LogP contribution in [0, 0.1) is 0 Å². The topological polar surface area (TPSA) is 97.5 Å². The molecule has 0 amide bonds. The number of aliphatic imine (C=N–C) groups is 1. The van der Waals surface area contributed by atoms with Crippen LogP contribution >= 0.6 is 23.7 Å². The Kier molecular flexibility index (Phi) is 5.64. The van der Waals surface area contributed by atoms with Crippen LogP contribution in [-0.4, -0.2) is 29.9 Å². The molecular weight excluding hydrogens is 410 g/mol. The molecule has 2 aromatic heterocycles. The van der Waals surface area contributed by atoms with Gasteiger partial charge in [-0.1, -0.05) is 12.1 Å². The van der Waals surface area contributed by atoms with Crippen molar-refractivity contribution in [3.63, 3.8) is 0 Å². The number of fused-ring (bicyclic) bond motifs is 5. The lowest BCUT2D eigenvalue weighted by atomic mass is 10.0. The maximum Gasteiger partial charge on any atom is 0.337 e. The first-order valence-corrected chi connectivity index (χ1v) is 9.65. The van der Waals surface area contributed by atoms with Crippen LogP contribution in [0.4, 0.5) is 0 Å². The summed E-state index contributed by atoms with van der Waals surface area (Å²) in [6.07, 6.45) is 0. The molecule has 3 N–H and O–H groups in total. The largest absolute Gasteiger partial charge is 0.465 e. The normalized spacial score (nSPS) is 11.9. The molecule has 0 saturated carbocycles. The number of hydrogen-bond donors (Lipinski definition) is 2. The minimum atomic E-state index is -0.416. The number of methoxy groups -OCH3 is 1. The lowest BCUT2D eigenvalue weighted by Crippen LogP contribution is -2.15. The highest BCUT2D eigenvalue weighted by Crippen LogP contribution is 2.36. The molecule has 0 radical (unpaired) electrons. The zero-order valence-corrected chi connectivity index (χ0v) is 17.7. The van der Waals surface area contributed by atoms with Crippen molar-refractivity contribution in [1.82, 2.24) is 4.98 Å². The van der Waals surface area contributed by atoms with Gasteiger partial charge in [-0.25, -0.2) is 4.79 Å². The van der Waals surface area contributed by atoms with Crippen LogP contribution in [0.15, 0.2) is 46.2 Å². The van der Waals surface area contributed by atoms with Crippen molar-refractivity contribution in [2.75, 3.05) is 7.11 Å². The molecule has 0 saturated heterocycles. The van der Waals surface area contributed by atoms with Gasteiger partial charge in [0.1, 0.15) is 10.5 Å². The van der Waals surface area contributed by atoms with Crippen LogP contribution in [0.3, 0.4) is 0 Å². The van der Waals surface area contributed by atoms with Gasteiger partial charge in [0, 0.05) is 38.0 Å². The summed E-state index contributed by atoms with van der Waals surface area (Å²) < 4.78 is 6.38. The van der Waals surface area contributed by atoms with Gasteiger partial charge in [0.15, 0.2) is 0 Å². The van der Waals surface area contributed by atoms with Gasteiger partial charge >= 0.3 is 5.97 Å². The number of carbonyl (C=O) groups is 1. The van der Waals surface area contributed by atoms with Crippen molar-refractivity contribution in [3.05, 3.63) is 57.9 Å². The molecule has 0 unspecified atom stereocenters. The van der Waals surface area contributed by atoms with Crippen LogP contribution < -0.4 is 11.3 Å².